The second-order valence-electron chi connectivity index (χ2n) is 8.46. The summed E-state index contributed by atoms with van der Waals surface area (Å²) >= 11 is 0. The number of aromatic nitrogens is 2. The predicted molar refractivity (Wildman–Crippen MR) is 126 cm³/mol. The number of aliphatic hydroxyl groups is 1. The minimum Gasteiger partial charge on any atom is -0.378 e. The maximum atomic E-state index is 13.4. The zero-order chi connectivity index (χ0) is 22.7. The molecule has 3 unspecified atom stereocenters. The van der Waals surface area contributed by atoms with Gasteiger partial charge < -0.3 is 10.4 Å². The molecule has 1 saturated carbocycles. The van der Waals surface area contributed by atoms with Gasteiger partial charge in [0.15, 0.2) is 0 Å². The molecule has 5 rings (SSSR count). The number of carbonyl (C=O) groups is 1. The van der Waals surface area contributed by atoms with Crippen LogP contribution in [0, 0.1) is 5.92 Å². The Morgan fingerprint density at radius 3 is 1.97 bits per heavy atom. The van der Waals surface area contributed by atoms with Crippen LogP contribution >= 0.6 is 0 Å². The van der Waals surface area contributed by atoms with Crippen molar-refractivity contribution in [2.45, 2.75) is 24.0 Å². The molecule has 1 aliphatic carbocycles. The summed E-state index contributed by atoms with van der Waals surface area (Å²) in [5.74, 6) is 0.0158. The number of pyridine rings is 2. The SMILES string of the molecule is O=C(NC(c1ccccc1)C(O)(c1cccnc1)c1cccnc1)C1CC1c1ccccc1. The summed E-state index contributed by atoms with van der Waals surface area (Å²) in [6.07, 6.45) is 7.41. The molecule has 2 N–H and O–H groups in total. The van der Waals surface area contributed by atoms with Gasteiger partial charge in [0.1, 0.15) is 5.60 Å². The molecule has 33 heavy (non-hydrogen) atoms. The standard InChI is InChI=1S/C28H25N3O2/c32-27(25-17-24(25)20-9-3-1-4-10-20)31-26(21-11-5-2-6-12-21)28(33,22-13-7-15-29-18-22)23-14-8-16-30-19-23/h1-16,18-19,24-26,33H,17H2,(H,31,32). The summed E-state index contributed by atoms with van der Waals surface area (Å²) in [6.45, 7) is 0. The molecule has 2 aromatic carbocycles. The Kier molecular flexibility index (Phi) is 5.71. The quantitative estimate of drug-likeness (QED) is 0.452. The molecule has 0 aliphatic heterocycles. The normalized spacial score (nSPS) is 18.3. The molecule has 0 bridgehead atoms. The number of carbonyl (C=O) groups excluding carboxylic acids is 1. The zero-order valence-corrected chi connectivity index (χ0v) is 18.1. The monoisotopic (exact) mass is 435 g/mol. The Morgan fingerprint density at radius 1 is 0.848 bits per heavy atom. The van der Waals surface area contributed by atoms with Crippen LogP contribution in [0.5, 0.6) is 0 Å². The topological polar surface area (TPSA) is 75.1 Å². The van der Waals surface area contributed by atoms with Crippen molar-refractivity contribution in [3.05, 3.63) is 132 Å². The molecule has 3 atom stereocenters. The van der Waals surface area contributed by atoms with Crippen molar-refractivity contribution in [3.63, 3.8) is 0 Å². The van der Waals surface area contributed by atoms with Gasteiger partial charge in [0, 0.05) is 41.8 Å². The highest BCUT2D eigenvalue weighted by Crippen LogP contribution is 2.48. The number of hydrogen-bond acceptors (Lipinski definition) is 4. The van der Waals surface area contributed by atoms with Crippen molar-refractivity contribution < 1.29 is 9.90 Å². The van der Waals surface area contributed by atoms with Gasteiger partial charge in [-0.2, -0.15) is 0 Å². The third kappa shape index (κ3) is 4.15. The number of amides is 1. The fourth-order valence-electron chi connectivity index (χ4n) is 4.55. The lowest BCUT2D eigenvalue weighted by molar-refractivity contribution is -0.125. The fraction of sp³-hybridized carbons (Fsp3) is 0.179. The summed E-state index contributed by atoms with van der Waals surface area (Å²) in [6, 6.07) is 26.2. The summed E-state index contributed by atoms with van der Waals surface area (Å²) < 4.78 is 0. The van der Waals surface area contributed by atoms with E-state index in [1.165, 1.54) is 5.56 Å². The lowest BCUT2D eigenvalue weighted by Gasteiger charge is -2.37. The van der Waals surface area contributed by atoms with Gasteiger partial charge in [-0.25, -0.2) is 0 Å². The predicted octanol–water partition coefficient (Wildman–Crippen LogP) is 4.37. The molecule has 5 heteroatoms. The Morgan fingerprint density at radius 2 is 1.42 bits per heavy atom. The van der Waals surface area contributed by atoms with Gasteiger partial charge in [0.25, 0.3) is 0 Å². The number of nitrogens with zero attached hydrogens (tertiary/aromatic N) is 2. The first-order valence-corrected chi connectivity index (χ1v) is 11.1. The zero-order valence-electron chi connectivity index (χ0n) is 18.1. The van der Waals surface area contributed by atoms with Crippen LogP contribution in [0.4, 0.5) is 0 Å². The van der Waals surface area contributed by atoms with E-state index in [9.17, 15) is 9.90 Å². The van der Waals surface area contributed by atoms with Crippen LogP contribution in [0.2, 0.25) is 0 Å². The maximum Gasteiger partial charge on any atom is 0.224 e. The second kappa shape index (κ2) is 8.96. The van der Waals surface area contributed by atoms with Crippen LogP contribution in [0.25, 0.3) is 0 Å². The van der Waals surface area contributed by atoms with Crippen molar-refractivity contribution in [1.29, 1.82) is 0 Å². The van der Waals surface area contributed by atoms with Crippen LogP contribution in [-0.4, -0.2) is 21.0 Å². The van der Waals surface area contributed by atoms with Crippen LogP contribution in [0.3, 0.4) is 0 Å². The van der Waals surface area contributed by atoms with Gasteiger partial charge >= 0.3 is 0 Å². The van der Waals surface area contributed by atoms with E-state index < -0.39 is 11.6 Å². The average molecular weight is 436 g/mol. The van der Waals surface area contributed by atoms with Gasteiger partial charge in [-0.05, 0) is 35.6 Å². The van der Waals surface area contributed by atoms with Gasteiger partial charge in [-0.1, -0.05) is 72.8 Å². The Labute approximate surface area is 193 Å². The lowest BCUT2D eigenvalue weighted by Crippen LogP contribution is -2.45. The van der Waals surface area contributed by atoms with E-state index in [2.05, 4.69) is 27.4 Å². The lowest BCUT2D eigenvalue weighted by atomic mass is 9.78. The van der Waals surface area contributed by atoms with Gasteiger partial charge in [0.05, 0.1) is 6.04 Å². The van der Waals surface area contributed by atoms with Crippen molar-refractivity contribution in [1.82, 2.24) is 15.3 Å². The highest BCUT2D eigenvalue weighted by Gasteiger charge is 2.48. The molecule has 4 aromatic rings. The van der Waals surface area contributed by atoms with Gasteiger partial charge in [-0.15, -0.1) is 0 Å². The molecule has 0 spiro atoms. The molecule has 1 fully saturated rings. The van der Waals surface area contributed by atoms with E-state index in [1.54, 1.807) is 36.9 Å². The minimum atomic E-state index is -1.56. The van der Waals surface area contributed by atoms with Crippen molar-refractivity contribution >= 4 is 5.91 Å². The molecule has 2 heterocycles. The van der Waals surface area contributed by atoms with E-state index in [0.717, 1.165) is 12.0 Å². The summed E-state index contributed by atoms with van der Waals surface area (Å²) in [7, 11) is 0. The van der Waals surface area contributed by atoms with E-state index >= 15 is 0 Å². The second-order valence-corrected chi connectivity index (χ2v) is 8.46. The third-order valence-corrected chi connectivity index (χ3v) is 6.40. The Balaban J connectivity index is 1.54. The largest absolute Gasteiger partial charge is 0.378 e. The van der Waals surface area contributed by atoms with Gasteiger partial charge in [-0.3, -0.25) is 14.8 Å². The molecule has 0 saturated heterocycles. The summed E-state index contributed by atoms with van der Waals surface area (Å²) in [4.78, 5) is 21.9. The van der Waals surface area contributed by atoms with E-state index in [0.29, 0.717) is 11.1 Å². The Hall–Kier alpha value is -3.83. The van der Waals surface area contributed by atoms with Gasteiger partial charge in [0.2, 0.25) is 5.91 Å². The summed E-state index contributed by atoms with van der Waals surface area (Å²) in [5, 5.41) is 15.5. The highest BCUT2D eigenvalue weighted by molar-refractivity contribution is 5.83. The summed E-state index contributed by atoms with van der Waals surface area (Å²) in [5.41, 5.74) is 1.59. The minimum absolute atomic E-state index is 0.0658. The molecular formula is C28H25N3O2. The van der Waals surface area contributed by atoms with Crippen molar-refractivity contribution in [3.8, 4) is 0 Å². The highest BCUT2D eigenvalue weighted by atomic mass is 16.3. The molecule has 1 amide bonds. The van der Waals surface area contributed by atoms with Crippen LogP contribution in [0.15, 0.2) is 110 Å². The Bertz CT molecular complexity index is 1160. The van der Waals surface area contributed by atoms with E-state index in [1.807, 2.05) is 60.7 Å². The smallest absolute Gasteiger partial charge is 0.224 e. The molecule has 1 aliphatic rings. The van der Waals surface area contributed by atoms with Crippen LogP contribution < -0.4 is 5.32 Å². The molecule has 2 aromatic heterocycles. The first-order chi connectivity index (χ1) is 16.2. The molecule has 5 nitrogen and oxygen atoms in total. The molecule has 164 valence electrons. The van der Waals surface area contributed by atoms with E-state index in [-0.39, 0.29) is 17.7 Å². The van der Waals surface area contributed by atoms with Crippen LogP contribution in [0.1, 0.15) is 40.6 Å². The van der Waals surface area contributed by atoms with E-state index in [4.69, 9.17) is 0 Å². The van der Waals surface area contributed by atoms with Crippen molar-refractivity contribution in [2.24, 2.45) is 5.92 Å². The average Bonchev–Trinajstić information content (AvgIpc) is 3.70. The third-order valence-electron chi connectivity index (χ3n) is 6.40. The first kappa shape index (κ1) is 21.0. The number of nitrogens with one attached hydrogen (secondary N) is 1. The molecule has 0 radical (unpaired) electrons. The van der Waals surface area contributed by atoms with Crippen LogP contribution in [-0.2, 0) is 10.4 Å². The fourth-order valence-corrected chi connectivity index (χ4v) is 4.55. The molecular weight excluding hydrogens is 410 g/mol. The van der Waals surface area contributed by atoms with Crippen molar-refractivity contribution in [2.75, 3.05) is 0 Å². The first-order valence-electron chi connectivity index (χ1n) is 11.1. The number of hydrogen-bond donors (Lipinski definition) is 2. The maximum absolute atomic E-state index is 13.4. The number of rotatable bonds is 7. The number of benzene rings is 2.